The highest BCUT2D eigenvalue weighted by molar-refractivity contribution is 6.39. The summed E-state index contributed by atoms with van der Waals surface area (Å²) >= 11 is 6.00. The highest BCUT2D eigenvalue weighted by Gasteiger charge is 2.45. The van der Waals surface area contributed by atoms with Gasteiger partial charge in [-0.15, -0.1) is 0 Å². The van der Waals surface area contributed by atoms with Crippen molar-refractivity contribution in [2.45, 2.75) is 50.2 Å². The number of nitrogens with one attached hydrogen (secondary N) is 1. The molecule has 9 heteroatoms. The van der Waals surface area contributed by atoms with Gasteiger partial charge in [0, 0.05) is 50.8 Å². The van der Waals surface area contributed by atoms with E-state index in [-0.39, 0.29) is 17.9 Å². The number of piperidine rings is 1. The van der Waals surface area contributed by atoms with E-state index in [1.807, 2.05) is 0 Å². The second kappa shape index (κ2) is 7.02. The number of carbonyl (C=O) groups excluding carboxylic acids is 2. The summed E-state index contributed by atoms with van der Waals surface area (Å²) in [4.78, 5) is 37.1. The van der Waals surface area contributed by atoms with Crippen LogP contribution in [0.5, 0.6) is 0 Å². The first kappa shape index (κ1) is 18.4. The first-order valence-electron chi connectivity index (χ1n) is 10.0. The summed E-state index contributed by atoms with van der Waals surface area (Å²) in [5.74, 6) is -0.227. The van der Waals surface area contributed by atoms with Crippen LogP contribution in [0.2, 0.25) is 5.02 Å². The molecule has 0 radical (unpaired) electrons. The molecular formula is C20H22ClN5O3. The van der Waals surface area contributed by atoms with E-state index in [1.54, 1.807) is 33.8 Å². The third-order valence-electron chi connectivity index (χ3n) is 6.14. The number of pyridine rings is 1. The zero-order chi connectivity index (χ0) is 20.0. The van der Waals surface area contributed by atoms with Crippen LogP contribution in [0.3, 0.4) is 0 Å². The first-order valence-corrected chi connectivity index (χ1v) is 10.4. The molecule has 2 amide bonds. The maximum Gasteiger partial charge on any atom is 0.274 e. The van der Waals surface area contributed by atoms with Crippen molar-refractivity contribution >= 4 is 34.8 Å². The van der Waals surface area contributed by atoms with Crippen LogP contribution in [-0.2, 0) is 9.63 Å². The molecule has 4 heterocycles. The highest BCUT2D eigenvalue weighted by Crippen LogP contribution is 2.35. The zero-order valence-electron chi connectivity index (χ0n) is 15.9. The van der Waals surface area contributed by atoms with Gasteiger partial charge in [-0.2, -0.15) is 0 Å². The lowest BCUT2D eigenvalue weighted by Crippen LogP contribution is -2.48. The summed E-state index contributed by atoms with van der Waals surface area (Å²) in [6.45, 7) is 1.08. The van der Waals surface area contributed by atoms with Crippen LogP contribution < -0.4 is 5.32 Å². The fourth-order valence-corrected chi connectivity index (χ4v) is 4.25. The van der Waals surface area contributed by atoms with Crippen LogP contribution in [0, 0.1) is 0 Å². The third-order valence-corrected chi connectivity index (χ3v) is 6.36. The van der Waals surface area contributed by atoms with E-state index in [1.165, 1.54) is 6.42 Å². The number of nitrogens with zero attached hydrogens (tertiary/aromatic N) is 4. The van der Waals surface area contributed by atoms with Crippen LogP contribution >= 0.6 is 11.6 Å². The monoisotopic (exact) mass is 415 g/mol. The Kier molecular flexibility index (Phi) is 4.46. The molecule has 0 atom stereocenters. The minimum absolute atomic E-state index is 0.110. The number of fused-ring (bicyclic) bond motifs is 1. The first-order chi connectivity index (χ1) is 14.0. The number of hydrogen-bond donors (Lipinski definition) is 1. The van der Waals surface area contributed by atoms with Gasteiger partial charge in [-0.3, -0.25) is 9.59 Å². The Hall–Kier alpha value is -2.61. The lowest BCUT2D eigenvalue weighted by Gasteiger charge is -2.36. The minimum Gasteiger partial charge on any atom is -0.388 e. The number of hydrogen-bond acceptors (Lipinski definition) is 5. The summed E-state index contributed by atoms with van der Waals surface area (Å²) < 4.78 is 1.75. The summed E-state index contributed by atoms with van der Waals surface area (Å²) in [7, 11) is 0. The van der Waals surface area contributed by atoms with E-state index in [2.05, 4.69) is 15.5 Å². The van der Waals surface area contributed by atoms with Gasteiger partial charge in [0.2, 0.25) is 0 Å². The number of rotatable bonds is 3. The molecule has 8 nitrogen and oxygen atoms in total. The van der Waals surface area contributed by atoms with Crippen LogP contribution in [0.25, 0.3) is 5.65 Å². The summed E-state index contributed by atoms with van der Waals surface area (Å²) in [5, 5.41) is 7.66. The molecular weight excluding hydrogens is 394 g/mol. The zero-order valence-corrected chi connectivity index (χ0v) is 16.7. The molecule has 3 aliphatic rings. The fraction of sp³-hybridized carbons (Fsp3) is 0.500. The molecule has 1 spiro atoms. The Morgan fingerprint density at radius 1 is 1.21 bits per heavy atom. The molecule has 2 aromatic heterocycles. The predicted molar refractivity (Wildman–Crippen MR) is 107 cm³/mol. The number of imidazole rings is 1. The van der Waals surface area contributed by atoms with Crippen molar-refractivity contribution in [2.75, 3.05) is 13.1 Å². The molecule has 2 aliphatic heterocycles. The number of carbonyl (C=O) groups is 2. The van der Waals surface area contributed by atoms with Gasteiger partial charge in [0.25, 0.3) is 11.8 Å². The average molecular weight is 416 g/mol. The van der Waals surface area contributed by atoms with Crippen LogP contribution in [0.15, 0.2) is 29.7 Å². The van der Waals surface area contributed by atoms with E-state index in [9.17, 15) is 9.59 Å². The highest BCUT2D eigenvalue weighted by atomic mass is 35.5. The van der Waals surface area contributed by atoms with Crippen molar-refractivity contribution in [3.05, 3.63) is 35.2 Å². The summed E-state index contributed by atoms with van der Waals surface area (Å²) in [6.07, 6.45) is 8.46. The Balaban J connectivity index is 1.20. The lowest BCUT2D eigenvalue weighted by atomic mass is 9.86. The van der Waals surface area contributed by atoms with Gasteiger partial charge < -0.3 is 19.5 Å². The topological polar surface area (TPSA) is 88.3 Å². The molecule has 1 saturated carbocycles. The Morgan fingerprint density at radius 2 is 2.00 bits per heavy atom. The third kappa shape index (κ3) is 3.46. The molecule has 1 aliphatic carbocycles. The number of oxime groups is 1. The Labute approximate surface area is 172 Å². The molecule has 0 unspecified atom stereocenters. The quantitative estimate of drug-likeness (QED) is 0.833. The van der Waals surface area contributed by atoms with Gasteiger partial charge >= 0.3 is 0 Å². The van der Waals surface area contributed by atoms with E-state index in [4.69, 9.17) is 16.4 Å². The molecule has 1 saturated heterocycles. The Morgan fingerprint density at radius 3 is 2.72 bits per heavy atom. The van der Waals surface area contributed by atoms with Crippen LogP contribution in [0.1, 0.15) is 49.0 Å². The van der Waals surface area contributed by atoms with Gasteiger partial charge in [0.15, 0.2) is 0 Å². The van der Waals surface area contributed by atoms with Gasteiger partial charge in [0.05, 0.1) is 5.02 Å². The standard InChI is InChI=1S/C20H22ClN5O3/c21-13-4-5-17-23-16(12-26(17)11-13)19(28)25-8-6-20(7-9-25)10-15(24-29-20)18(27)22-14-2-1-3-14/h4-5,11-12,14H,1-3,6-10H2,(H,22,27). The smallest absolute Gasteiger partial charge is 0.274 e. The molecule has 29 heavy (non-hydrogen) atoms. The molecule has 2 aromatic rings. The number of likely N-dealkylation sites (tertiary alicyclic amines) is 1. The van der Waals surface area contributed by atoms with Crippen molar-refractivity contribution in [3.8, 4) is 0 Å². The van der Waals surface area contributed by atoms with Gasteiger partial charge in [0.1, 0.15) is 22.7 Å². The predicted octanol–water partition coefficient (Wildman–Crippen LogP) is 2.41. The second-order valence-corrected chi connectivity index (χ2v) is 8.56. The summed E-state index contributed by atoms with van der Waals surface area (Å²) in [6, 6.07) is 3.81. The molecule has 2 fully saturated rings. The van der Waals surface area contributed by atoms with E-state index >= 15 is 0 Å². The van der Waals surface area contributed by atoms with E-state index < -0.39 is 5.60 Å². The molecule has 5 rings (SSSR count). The summed E-state index contributed by atoms with van der Waals surface area (Å²) in [5.41, 5.74) is 1.07. The van der Waals surface area contributed by atoms with E-state index in [0.717, 1.165) is 12.8 Å². The molecule has 1 N–H and O–H groups in total. The van der Waals surface area contributed by atoms with E-state index in [0.29, 0.717) is 54.4 Å². The lowest BCUT2D eigenvalue weighted by molar-refractivity contribution is -0.116. The van der Waals surface area contributed by atoms with Gasteiger partial charge in [-0.25, -0.2) is 4.98 Å². The van der Waals surface area contributed by atoms with Gasteiger partial charge in [-0.1, -0.05) is 16.8 Å². The SMILES string of the molecule is O=C(NC1CCC1)C1=NOC2(CCN(C(=O)c3cn4cc(Cl)ccc4n3)CC2)C1. The average Bonchev–Trinajstić information content (AvgIpc) is 3.29. The van der Waals surface area contributed by atoms with Crippen LogP contribution in [0.4, 0.5) is 0 Å². The maximum atomic E-state index is 12.9. The Bertz CT molecular complexity index is 1000. The number of amides is 2. The normalized spacial score (nSPS) is 21.0. The van der Waals surface area contributed by atoms with Crippen molar-refractivity contribution in [1.82, 2.24) is 19.6 Å². The minimum atomic E-state index is -0.477. The molecule has 152 valence electrons. The number of aromatic nitrogens is 2. The van der Waals surface area contributed by atoms with Crippen LogP contribution in [-0.4, -0.2) is 56.5 Å². The van der Waals surface area contributed by atoms with Crippen molar-refractivity contribution < 1.29 is 14.4 Å². The maximum absolute atomic E-state index is 12.9. The number of halogens is 1. The van der Waals surface area contributed by atoms with Crippen molar-refractivity contribution in [1.29, 1.82) is 0 Å². The molecule has 0 bridgehead atoms. The second-order valence-electron chi connectivity index (χ2n) is 8.12. The molecule has 0 aromatic carbocycles. The van der Waals surface area contributed by atoms with Gasteiger partial charge in [-0.05, 0) is 31.4 Å². The van der Waals surface area contributed by atoms with Crippen molar-refractivity contribution in [2.24, 2.45) is 5.16 Å². The van der Waals surface area contributed by atoms with Crippen molar-refractivity contribution in [3.63, 3.8) is 0 Å². The fourth-order valence-electron chi connectivity index (χ4n) is 4.08. The largest absolute Gasteiger partial charge is 0.388 e.